The second kappa shape index (κ2) is 5.17. The summed E-state index contributed by atoms with van der Waals surface area (Å²) in [4.78, 5) is 23.0. The molecule has 1 aliphatic rings. The number of hydrogen-bond acceptors (Lipinski definition) is 4. The SMILES string of the molecule is C[C@@H]1CN(C(=O)c2cnc3ccccc3n2)C[C@@H](C)O1. The number of benzene rings is 1. The van der Waals surface area contributed by atoms with Gasteiger partial charge in [0.1, 0.15) is 5.69 Å². The maximum absolute atomic E-state index is 12.5. The van der Waals surface area contributed by atoms with Crippen LogP contribution in [0.5, 0.6) is 0 Å². The van der Waals surface area contributed by atoms with Crippen LogP contribution >= 0.6 is 0 Å². The maximum Gasteiger partial charge on any atom is 0.274 e. The molecule has 5 heteroatoms. The van der Waals surface area contributed by atoms with Crippen molar-refractivity contribution in [1.29, 1.82) is 0 Å². The van der Waals surface area contributed by atoms with Crippen molar-refractivity contribution in [3.05, 3.63) is 36.2 Å². The van der Waals surface area contributed by atoms with Crippen LogP contribution in [0, 0.1) is 0 Å². The van der Waals surface area contributed by atoms with Crippen LogP contribution in [0.4, 0.5) is 0 Å². The smallest absolute Gasteiger partial charge is 0.274 e. The minimum absolute atomic E-state index is 0.0520. The highest BCUT2D eigenvalue weighted by molar-refractivity contribution is 5.93. The minimum Gasteiger partial charge on any atom is -0.372 e. The predicted octanol–water partition coefficient (Wildman–Crippen LogP) is 1.88. The molecule has 0 aliphatic carbocycles. The van der Waals surface area contributed by atoms with Gasteiger partial charge in [-0.05, 0) is 26.0 Å². The van der Waals surface area contributed by atoms with Crippen LogP contribution in [0.1, 0.15) is 24.3 Å². The highest BCUT2D eigenvalue weighted by Gasteiger charge is 2.27. The lowest BCUT2D eigenvalue weighted by atomic mass is 10.2. The van der Waals surface area contributed by atoms with Crippen molar-refractivity contribution >= 4 is 16.9 Å². The molecule has 2 atom stereocenters. The number of carbonyl (C=O) groups excluding carboxylic acids is 1. The first-order valence-corrected chi connectivity index (χ1v) is 6.80. The summed E-state index contributed by atoms with van der Waals surface area (Å²) in [5.41, 5.74) is 1.94. The molecular formula is C15H17N3O2. The first kappa shape index (κ1) is 13.0. The fourth-order valence-electron chi connectivity index (χ4n) is 2.57. The monoisotopic (exact) mass is 271 g/mol. The number of aromatic nitrogens is 2. The van der Waals surface area contributed by atoms with Crippen LogP contribution in [0.3, 0.4) is 0 Å². The quantitative estimate of drug-likeness (QED) is 0.794. The minimum atomic E-state index is -0.0785. The van der Waals surface area contributed by atoms with E-state index in [1.54, 1.807) is 11.1 Å². The van der Waals surface area contributed by atoms with Crippen LogP contribution in [0.2, 0.25) is 0 Å². The Bertz CT molecular complexity index is 634. The van der Waals surface area contributed by atoms with Gasteiger partial charge in [-0.3, -0.25) is 9.78 Å². The van der Waals surface area contributed by atoms with E-state index >= 15 is 0 Å². The molecule has 5 nitrogen and oxygen atoms in total. The van der Waals surface area contributed by atoms with E-state index in [1.807, 2.05) is 38.1 Å². The number of amides is 1. The molecule has 1 aromatic heterocycles. The lowest BCUT2D eigenvalue weighted by molar-refractivity contribution is -0.0587. The molecule has 1 aromatic carbocycles. The van der Waals surface area contributed by atoms with Gasteiger partial charge in [0.15, 0.2) is 0 Å². The summed E-state index contributed by atoms with van der Waals surface area (Å²) in [6.45, 7) is 5.14. The van der Waals surface area contributed by atoms with Gasteiger partial charge in [0.2, 0.25) is 0 Å². The third-order valence-corrected chi connectivity index (χ3v) is 3.37. The summed E-state index contributed by atoms with van der Waals surface area (Å²) in [6, 6.07) is 7.55. The van der Waals surface area contributed by atoms with E-state index in [2.05, 4.69) is 9.97 Å². The normalized spacial score (nSPS) is 23.0. The van der Waals surface area contributed by atoms with E-state index in [0.29, 0.717) is 18.8 Å². The third-order valence-electron chi connectivity index (χ3n) is 3.37. The van der Waals surface area contributed by atoms with Crippen molar-refractivity contribution < 1.29 is 9.53 Å². The summed E-state index contributed by atoms with van der Waals surface area (Å²) in [5, 5.41) is 0. The van der Waals surface area contributed by atoms with E-state index in [9.17, 15) is 4.79 Å². The summed E-state index contributed by atoms with van der Waals surface area (Å²) in [5.74, 6) is -0.0785. The average molecular weight is 271 g/mol. The second-order valence-electron chi connectivity index (χ2n) is 5.21. The summed E-state index contributed by atoms with van der Waals surface area (Å²) >= 11 is 0. The topological polar surface area (TPSA) is 55.3 Å². The summed E-state index contributed by atoms with van der Waals surface area (Å²) < 4.78 is 5.64. The van der Waals surface area contributed by atoms with Gasteiger partial charge in [-0.15, -0.1) is 0 Å². The van der Waals surface area contributed by atoms with Gasteiger partial charge < -0.3 is 9.64 Å². The van der Waals surface area contributed by atoms with Gasteiger partial charge in [-0.25, -0.2) is 4.98 Å². The van der Waals surface area contributed by atoms with Crippen LogP contribution < -0.4 is 0 Å². The second-order valence-corrected chi connectivity index (χ2v) is 5.21. The van der Waals surface area contributed by atoms with Gasteiger partial charge in [-0.1, -0.05) is 12.1 Å². The fraction of sp³-hybridized carbons (Fsp3) is 0.400. The Labute approximate surface area is 117 Å². The Kier molecular flexibility index (Phi) is 3.36. The maximum atomic E-state index is 12.5. The number of rotatable bonds is 1. The number of ether oxygens (including phenoxy) is 1. The molecule has 3 rings (SSSR count). The molecule has 0 spiro atoms. The van der Waals surface area contributed by atoms with E-state index in [0.717, 1.165) is 11.0 Å². The molecule has 1 aliphatic heterocycles. The summed E-state index contributed by atoms with van der Waals surface area (Å²) in [6.07, 6.45) is 1.65. The van der Waals surface area contributed by atoms with Crippen LogP contribution in [-0.2, 0) is 4.74 Å². The van der Waals surface area contributed by atoms with Gasteiger partial charge in [0.05, 0.1) is 29.4 Å². The Balaban J connectivity index is 1.88. The Morgan fingerprint density at radius 3 is 2.55 bits per heavy atom. The van der Waals surface area contributed by atoms with E-state index in [4.69, 9.17) is 4.74 Å². The largest absolute Gasteiger partial charge is 0.372 e. The Morgan fingerprint density at radius 2 is 1.85 bits per heavy atom. The van der Waals surface area contributed by atoms with Gasteiger partial charge in [0, 0.05) is 13.1 Å². The van der Waals surface area contributed by atoms with Crippen LogP contribution in [0.25, 0.3) is 11.0 Å². The fourth-order valence-corrected chi connectivity index (χ4v) is 2.57. The number of fused-ring (bicyclic) bond motifs is 1. The zero-order valence-electron chi connectivity index (χ0n) is 11.6. The molecular weight excluding hydrogens is 254 g/mol. The number of hydrogen-bond donors (Lipinski definition) is 0. The van der Waals surface area contributed by atoms with Crippen LogP contribution in [-0.4, -0.2) is 46.1 Å². The molecule has 1 fully saturated rings. The number of morpholine rings is 1. The van der Waals surface area contributed by atoms with Gasteiger partial charge in [-0.2, -0.15) is 0 Å². The predicted molar refractivity (Wildman–Crippen MR) is 75.5 cm³/mol. The van der Waals surface area contributed by atoms with Crippen molar-refractivity contribution in [2.75, 3.05) is 13.1 Å². The van der Waals surface area contributed by atoms with Gasteiger partial charge >= 0.3 is 0 Å². The third kappa shape index (κ3) is 2.49. The lowest BCUT2D eigenvalue weighted by Crippen LogP contribution is -2.48. The first-order chi connectivity index (χ1) is 9.63. The Morgan fingerprint density at radius 1 is 1.20 bits per heavy atom. The highest BCUT2D eigenvalue weighted by Crippen LogP contribution is 2.15. The lowest BCUT2D eigenvalue weighted by Gasteiger charge is -2.35. The highest BCUT2D eigenvalue weighted by atomic mass is 16.5. The molecule has 2 aromatic rings. The van der Waals surface area contributed by atoms with Crippen molar-refractivity contribution in [1.82, 2.24) is 14.9 Å². The van der Waals surface area contributed by atoms with Crippen molar-refractivity contribution in [3.8, 4) is 0 Å². The molecule has 2 heterocycles. The molecule has 0 bridgehead atoms. The molecule has 0 N–H and O–H groups in total. The van der Waals surface area contributed by atoms with Crippen molar-refractivity contribution in [3.63, 3.8) is 0 Å². The van der Waals surface area contributed by atoms with E-state index in [1.165, 1.54) is 0 Å². The first-order valence-electron chi connectivity index (χ1n) is 6.80. The molecule has 1 amide bonds. The van der Waals surface area contributed by atoms with E-state index < -0.39 is 0 Å². The zero-order valence-corrected chi connectivity index (χ0v) is 11.6. The standard InChI is InChI=1S/C15H17N3O2/c1-10-8-18(9-11(2)20-10)15(19)14-7-16-12-5-3-4-6-13(12)17-14/h3-7,10-11H,8-9H2,1-2H3/t10-,11-/m1/s1. The van der Waals surface area contributed by atoms with Crippen molar-refractivity contribution in [2.45, 2.75) is 26.1 Å². The van der Waals surface area contributed by atoms with Crippen molar-refractivity contribution in [2.24, 2.45) is 0 Å². The zero-order chi connectivity index (χ0) is 14.1. The molecule has 104 valence electrons. The molecule has 20 heavy (non-hydrogen) atoms. The number of carbonyl (C=O) groups is 1. The average Bonchev–Trinajstić information content (AvgIpc) is 2.45. The summed E-state index contributed by atoms with van der Waals surface area (Å²) in [7, 11) is 0. The van der Waals surface area contributed by atoms with Crippen LogP contribution in [0.15, 0.2) is 30.5 Å². The molecule has 1 saturated heterocycles. The molecule has 0 radical (unpaired) electrons. The Hall–Kier alpha value is -2.01. The number of nitrogens with zero attached hydrogens (tertiary/aromatic N) is 3. The van der Waals surface area contributed by atoms with Gasteiger partial charge in [0.25, 0.3) is 5.91 Å². The van der Waals surface area contributed by atoms with E-state index in [-0.39, 0.29) is 18.1 Å². The molecule has 0 saturated carbocycles. The molecule has 0 unspecified atom stereocenters. The number of para-hydroxylation sites is 2.